The number of hydrogen-bond donors (Lipinski definition) is 2. The lowest BCUT2D eigenvalue weighted by atomic mass is 9.96. The van der Waals surface area contributed by atoms with Crippen molar-refractivity contribution in [2.24, 2.45) is 5.92 Å². The minimum atomic E-state index is 0.273. The lowest BCUT2D eigenvalue weighted by Gasteiger charge is -2.31. The number of likely N-dealkylation sites (tertiary alicyclic amines) is 1. The van der Waals surface area contributed by atoms with Gasteiger partial charge in [0.05, 0.1) is 11.0 Å². The molecule has 0 saturated carbocycles. The van der Waals surface area contributed by atoms with Crippen molar-refractivity contribution in [3.05, 3.63) is 30.1 Å². The topological polar surface area (TPSA) is 61.0 Å². The summed E-state index contributed by atoms with van der Waals surface area (Å²) in [6, 6.07) is 8.15. The molecule has 2 aromatic rings. The molecule has 130 valence electrons. The standard InChI is InChI=1S/C19H28N4O/c1-14(2)13-20-10-7-18(24)23-11-8-15(9-12-23)19-21-16-5-3-4-6-17(16)22-19/h3-6,14-15,20H,7-13H2,1-2H3,(H,21,22). The Morgan fingerprint density at radius 1 is 1.33 bits per heavy atom. The molecule has 1 aromatic heterocycles. The summed E-state index contributed by atoms with van der Waals surface area (Å²) in [5.74, 6) is 2.40. The van der Waals surface area contributed by atoms with Crippen molar-refractivity contribution in [1.29, 1.82) is 0 Å². The van der Waals surface area contributed by atoms with E-state index >= 15 is 0 Å². The summed E-state index contributed by atoms with van der Waals surface area (Å²) in [6.45, 7) is 7.78. The number of carbonyl (C=O) groups excluding carboxylic acids is 1. The van der Waals surface area contributed by atoms with Gasteiger partial charge in [0.15, 0.2) is 0 Å². The Morgan fingerprint density at radius 2 is 2.08 bits per heavy atom. The zero-order valence-corrected chi connectivity index (χ0v) is 14.7. The maximum absolute atomic E-state index is 12.3. The van der Waals surface area contributed by atoms with Crippen LogP contribution in [0, 0.1) is 5.92 Å². The highest BCUT2D eigenvalue weighted by atomic mass is 16.2. The van der Waals surface area contributed by atoms with Gasteiger partial charge in [0.25, 0.3) is 0 Å². The normalized spacial score (nSPS) is 16.2. The fourth-order valence-electron chi connectivity index (χ4n) is 3.31. The minimum absolute atomic E-state index is 0.273. The van der Waals surface area contributed by atoms with Gasteiger partial charge in [0.2, 0.25) is 5.91 Å². The Morgan fingerprint density at radius 3 is 2.79 bits per heavy atom. The van der Waals surface area contributed by atoms with E-state index in [9.17, 15) is 4.79 Å². The highest BCUT2D eigenvalue weighted by Crippen LogP contribution is 2.27. The lowest BCUT2D eigenvalue weighted by Crippen LogP contribution is -2.39. The van der Waals surface area contributed by atoms with Gasteiger partial charge in [-0.2, -0.15) is 0 Å². The van der Waals surface area contributed by atoms with Crippen LogP contribution in [0.3, 0.4) is 0 Å². The third-order valence-corrected chi connectivity index (χ3v) is 4.71. The van der Waals surface area contributed by atoms with Gasteiger partial charge in [-0.25, -0.2) is 4.98 Å². The number of imidazole rings is 1. The monoisotopic (exact) mass is 328 g/mol. The molecule has 0 bridgehead atoms. The van der Waals surface area contributed by atoms with E-state index in [1.165, 1.54) is 0 Å². The van der Waals surface area contributed by atoms with Crippen molar-refractivity contribution >= 4 is 16.9 Å². The first kappa shape index (κ1) is 17.0. The van der Waals surface area contributed by atoms with Gasteiger partial charge < -0.3 is 15.2 Å². The van der Waals surface area contributed by atoms with E-state index in [4.69, 9.17) is 4.98 Å². The van der Waals surface area contributed by atoms with Crippen LogP contribution in [0.4, 0.5) is 0 Å². The van der Waals surface area contributed by atoms with Crippen molar-refractivity contribution in [3.8, 4) is 0 Å². The van der Waals surface area contributed by atoms with Gasteiger partial charge in [-0.1, -0.05) is 26.0 Å². The maximum Gasteiger partial charge on any atom is 0.223 e. The first-order chi connectivity index (χ1) is 11.6. The number of para-hydroxylation sites is 2. The van der Waals surface area contributed by atoms with Crippen LogP contribution in [0.25, 0.3) is 11.0 Å². The molecule has 3 rings (SSSR count). The number of benzene rings is 1. The summed E-state index contributed by atoms with van der Waals surface area (Å²) < 4.78 is 0. The van der Waals surface area contributed by atoms with Crippen LogP contribution in [-0.4, -0.2) is 47.0 Å². The number of nitrogens with one attached hydrogen (secondary N) is 2. The number of rotatable bonds is 6. The Labute approximate surface area is 143 Å². The van der Waals surface area contributed by atoms with E-state index in [1.807, 2.05) is 23.1 Å². The molecule has 24 heavy (non-hydrogen) atoms. The van der Waals surface area contributed by atoms with Gasteiger partial charge in [0, 0.05) is 32.0 Å². The van der Waals surface area contributed by atoms with Gasteiger partial charge >= 0.3 is 0 Å². The molecule has 1 aromatic carbocycles. The number of aromatic amines is 1. The number of piperidine rings is 1. The summed E-state index contributed by atoms with van der Waals surface area (Å²) in [5, 5.41) is 3.34. The Balaban J connectivity index is 1.47. The second-order valence-corrected chi connectivity index (χ2v) is 7.14. The highest BCUT2D eigenvalue weighted by Gasteiger charge is 2.25. The SMILES string of the molecule is CC(C)CNCCC(=O)N1CCC(c2nc3ccccc3[nH]2)CC1. The molecule has 0 unspecified atom stereocenters. The molecule has 0 radical (unpaired) electrons. The Bertz CT molecular complexity index is 638. The molecule has 5 nitrogen and oxygen atoms in total. The van der Waals surface area contributed by atoms with Crippen LogP contribution in [0.2, 0.25) is 0 Å². The molecular weight excluding hydrogens is 300 g/mol. The summed E-state index contributed by atoms with van der Waals surface area (Å²) in [7, 11) is 0. The van der Waals surface area contributed by atoms with Crippen molar-refractivity contribution in [2.45, 2.75) is 39.0 Å². The summed E-state index contributed by atoms with van der Waals surface area (Å²) in [4.78, 5) is 22.5. The first-order valence-corrected chi connectivity index (χ1v) is 9.06. The summed E-state index contributed by atoms with van der Waals surface area (Å²) in [5.41, 5.74) is 2.13. The number of carbonyl (C=O) groups is 1. The molecule has 1 fully saturated rings. The van der Waals surface area contributed by atoms with Crippen LogP contribution in [0.1, 0.15) is 44.9 Å². The molecular formula is C19H28N4O. The average Bonchev–Trinajstić information content (AvgIpc) is 3.02. The predicted molar refractivity (Wildman–Crippen MR) is 97.0 cm³/mol. The number of hydrogen-bond acceptors (Lipinski definition) is 3. The van der Waals surface area contributed by atoms with Crippen molar-refractivity contribution < 1.29 is 4.79 Å². The minimum Gasteiger partial charge on any atom is -0.343 e. The molecule has 2 N–H and O–H groups in total. The average molecular weight is 328 g/mol. The van der Waals surface area contributed by atoms with Crippen molar-refractivity contribution in [2.75, 3.05) is 26.2 Å². The number of aromatic nitrogens is 2. The number of H-pyrrole nitrogens is 1. The van der Waals surface area contributed by atoms with Gasteiger partial charge in [-0.3, -0.25) is 4.79 Å². The molecule has 0 aliphatic carbocycles. The molecule has 5 heteroatoms. The molecule has 1 amide bonds. The zero-order valence-electron chi connectivity index (χ0n) is 14.7. The predicted octanol–water partition coefficient (Wildman–Crippen LogP) is 2.90. The van der Waals surface area contributed by atoms with Crippen LogP contribution in [0.15, 0.2) is 24.3 Å². The molecule has 2 heterocycles. The lowest BCUT2D eigenvalue weighted by molar-refractivity contribution is -0.132. The molecule has 0 atom stereocenters. The maximum atomic E-state index is 12.3. The second kappa shape index (κ2) is 7.79. The molecule has 1 saturated heterocycles. The number of fused-ring (bicyclic) bond motifs is 1. The van der Waals surface area contributed by atoms with E-state index in [0.29, 0.717) is 18.3 Å². The highest BCUT2D eigenvalue weighted by molar-refractivity contribution is 5.76. The Kier molecular flexibility index (Phi) is 5.51. The molecule has 0 spiro atoms. The van der Waals surface area contributed by atoms with Crippen LogP contribution in [0.5, 0.6) is 0 Å². The van der Waals surface area contributed by atoms with Crippen LogP contribution < -0.4 is 5.32 Å². The quantitative estimate of drug-likeness (QED) is 0.802. The fraction of sp³-hybridized carbons (Fsp3) is 0.579. The smallest absolute Gasteiger partial charge is 0.223 e. The van der Waals surface area contributed by atoms with Crippen molar-refractivity contribution in [3.63, 3.8) is 0 Å². The van der Waals surface area contributed by atoms with E-state index < -0.39 is 0 Å². The molecule has 1 aliphatic heterocycles. The van der Waals surface area contributed by atoms with E-state index in [1.54, 1.807) is 0 Å². The zero-order chi connectivity index (χ0) is 16.9. The fourth-order valence-corrected chi connectivity index (χ4v) is 3.31. The summed E-state index contributed by atoms with van der Waals surface area (Å²) in [6.07, 6.45) is 2.58. The van der Waals surface area contributed by atoms with Gasteiger partial charge in [-0.05, 0) is 37.4 Å². The third kappa shape index (κ3) is 4.15. The molecule has 1 aliphatic rings. The number of nitrogens with zero attached hydrogens (tertiary/aromatic N) is 2. The van der Waals surface area contributed by atoms with Gasteiger partial charge in [-0.15, -0.1) is 0 Å². The Hall–Kier alpha value is -1.88. The van der Waals surface area contributed by atoms with E-state index in [0.717, 1.165) is 55.9 Å². The van der Waals surface area contributed by atoms with E-state index in [2.05, 4.69) is 30.2 Å². The van der Waals surface area contributed by atoms with Gasteiger partial charge in [0.1, 0.15) is 5.82 Å². The van der Waals surface area contributed by atoms with Crippen LogP contribution >= 0.6 is 0 Å². The summed E-state index contributed by atoms with van der Waals surface area (Å²) >= 11 is 0. The third-order valence-electron chi connectivity index (χ3n) is 4.71. The van der Waals surface area contributed by atoms with Crippen molar-refractivity contribution in [1.82, 2.24) is 20.2 Å². The first-order valence-electron chi connectivity index (χ1n) is 9.06. The van der Waals surface area contributed by atoms with Crippen LogP contribution in [-0.2, 0) is 4.79 Å². The largest absolute Gasteiger partial charge is 0.343 e. The number of amides is 1. The second-order valence-electron chi connectivity index (χ2n) is 7.14. The van der Waals surface area contributed by atoms with E-state index in [-0.39, 0.29) is 5.91 Å².